The molecule has 1 aliphatic heterocycles. The number of pyridine rings is 1. The first-order chi connectivity index (χ1) is 8.65. The Hall–Kier alpha value is -1.46. The molecule has 1 unspecified atom stereocenters. The van der Waals surface area contributed by atoms with Crippen LogP contribution in [-0.4, -0.2) is 47.1 Å². The molecule has 2 heterocycles. The lowest BCUT2D eigenvalue weighted by Crippen LogP contribution is -2.51. The summed E-state index contributed by atoms with van der Waals surface area (Å²) in [5, 5.41) is 12.9. The SMILES string of the molecule is CC(C(=O)O)(c1cccnc1)N1CCCNCC1. The van der Waals surface area contributed by atoms with Gasteiger partial charge in [-0.05, 0) is 26.0 Å². The third kappa shape index (κ3) is 2.37. The van der Waals surface area contributed by atoms with Crippen LogP contribution in [0.3, 0.4) is 0 Å². The van der Waals surface area contributed by atoms with Gasteiger partial charge in [-0.15, -0.1) is 0 Å². The average Bonchev–Trinajstić information content (AvgIpc) is 2.67. The first-order valence-corrected chi connectivity index (χ1v) is 6.25. The van der Waals surface area contributed by atoms with E-state index in [2.05, 4.69) is 10.3 Å². The van der Waals surface area contributed by atoms with E-state index in [0.717, 1.165) is 38.2 Å². The van der Waals surface area contributed by atoms with E-state index in [-0.39, 0.29) is 0 Å². The summed E-state index contributed by atoms with van der Waals surface area (Å²) in [6, 6.07) is 3.62. The molecule has 0 aliphatic carbocycles. The predicted molar refractivity (Wildman–Crippen MR) is 68.3 cm³/mol. The molecular weight excluding hydrogens is 230 g/mol. The largest absolute Gasteiger partial charge is 0.480 e. The lowest BCUT2D eigenvalue weighted by atomic mass is 9.91. The number of aromatic nitrogens is 1. The van der Waals surface area contributed by atoms with E-state index in [1.165, 1.54) is 0 Å². The number of aliphatic carboxylic acids is 1. The van der Waals surface area contributed by atoms with E-state index < -0.39 is 11.5 Å². The van der Waals surface area contributed by atoms with Crippen LogP contribution >= 0.6 is 0 Å². The van der Waals surface area contributed by atoms with Gasteiger partial charge in [0.15, 0.2) is 0 Å². The third-order valence-corrected chi connectivity index (χ3v) is 3.61. The van der Waals surface area contributed by atoms with E-state index in [4.69, 9.17) is 0 Å². The molecule has 1 aliphatic rings. The van der Waals surface area contributed by atoms with Gasteiger partial charge in [-0.25, -0.2) is 4.79 Å². The number of carboxylic acids is 1. The fourth-order valence-electron chi connectivity index (χ4n) is 2.38. The molecule has 1 aromatic rings. The zero-order valence-corrected chi connectivity index (χ0v) is 10.6. The molecule has 0 amide bonds. The second-order valence-corrected chi connectivity index (χ2v) is 4.71. The van der Waals surface area contributed by atoms with E-state index >= 15 is 0 Å². The van der Waals surface area contributed by atoms with Gasteiger partial charge in [0.25, 0.3) is 0 Å². The smallest absolute Gasteiger partial charge is 0.328 e. The Bertz CT molecular complexity index is 402. The molecular formula is C13H19N3O2. The summed E-state index contributed by atoms with van der Waals surface area (Å²) in [4.78, 5) is 17.8. The second-order valence-electron chi connectivity index (χ2n) is 4.71. The van der Waals surface area contributed by atoms with Crippen molar-refractivity contribution in [3.63, 3.8) is 0 Å². The van der Waals surface area contributed by atoms with Crippen molar-refractivity contribution < 1.29 is 9.90 Å². The zero-order valence-electron chi connectivity index (χ0n) is 10.6. The fraction of sp³-hybridized carbons (Fsp3) is 0.538. The molecule has 1 atom stereocenters. The van der Waals surface area contributed by atoms with Crippen molar-refractivity contribution >= 4 is 5.97 Å². The normalized spacial score (nSPS) is 20.9. The molecule has 0 spiro atoms. The van der Waals surface area contributed by atoms with E-state index in [1.54, 1.807) is 25.4 Å². The number of hydrogen-bond acceptors (Lipinski definition) is 4. The lowest BCUT2D eigenvalue weighted by molar-refractivity contribution is -0.151. The topological polar surface area (TPSA) is 65.5 Å². The molecule has 1 fully saturated rings. The number of nitrogens with zero attached hydrogens (tertiary/aromatic N) is 2. The highest BCUT2D eigenvalue weighted by atomic mass is 16.4. The van der Waals surface area contributed by atoms with Crippen LogP contribution in [0.4, 0.5) is 0 Å². The zero-order chi connectivity index (χ0) is 13.0. The highest BCUT2D eigenvalue weighted by Gasteiger charge is 2.41. The minimum Gasteiger partial charge on any atom is -0.480 e. The number of nitrogens with one attached hydrogen (secondary N) is 1. The van der Waals surface area contributed by atoms with Gasteiger partial charge < -0.3 is 10.4 Å². The first-order valence-electron chi connectivity index (χ1n) is 6.25. The molecule has 0 radical (unpaired) electrons. The van der Waals surface area contributed by atoms with Crippen molar-refractivity contribution in [1.82, 2.24) is 15.2 Å². The van der Waals surface area contributed by atoms with Crippen LogP contribution in [-0.2, 0) is 10.3 Å². The van der Waals surface area contributed by atoms with E-state index in [1.807, 2.05) is 11.0 Å². The molecule has 98 valence electrons. The van der Waals surface area contributed by atoms with Gasteiger partial charge in [-0.3, -0.25) is 9.88 Å². The Labute approximate surface area is 107 Å². The molecule has 1 aromatic heterocycles. The van der Waals surface area contributed by atoms with Crippen LogP contribution in [0, 0.1) is 0 Å². The summed E-state index contributed by atoms with van der Waals surface area (Å²) >= 11 is 0. The quantitative estimate of drug-likeness (QED) is 0.824. The third-order valence-electron chi connectivity index (χ3n) is 3.61. The average molecular weight is 249 g/mol. The summed E-state index contributed by atoms with van der Waals surface area (Å²) in [5.74, 6) is -0.822. The van der Waals surface area contributed by atoms with Crippen molar-refractivity contribution in [3.05, 3.63) is 30.1 Å². The molecule has 0 bridgehead atoms. The van der Waals surface area contributed by atoms with Crippen LogP contribution < -0.4 is 5.32 Å². The minimum atomic E-state index is -1.000. The summed E-state index contributed by atoms with van der Waals surface area (Å²) in [6.45, 7) is 5.04. The number of carbonyl (C=O) groups is 1. The predicted octanol–water partition coefficient (Wildman–Crippen LogP) is 0.677. The number of hydrogen-bond donors (Lipinski definition) is 2. The van der Waals surface area contributed by atoms with Gasteiger partial charge in [-0.1, -0.05) is 6.07 Å². The molecule has 5 heteroatoms. The van der Waals surface area contributed by atoms with Crippen molar-refractivity contribution in [1.29, 1.82) is 0 Å². The lowest BCUT2D eigenvalue weighted by Gasteiger charge is -2.37. The maximum atomic E-state index is 11.7. The number of rotatable bonds is 3. The summed E-state index contributed by atoms with van der Waals surface area (Å²) in [6.07, 6.45) is 4.27. The van der Waals surface area contributed by atoms with Crippen LogP contribution in [0.2, 0.25) is 0 Å². The first kappa shape index (κ1) is 13.0. The van der Waals surface area contributed by atoms with Gasteiger partial charge in [0.1, 0.15) is 5.54 Å². The highest BCUT2D eigenvalue weighted by molar-refractivity contribution is 5.80. The second kappa shape index (κ2) is 5.46. The Balaban J connectivity index is 2.34. The summed E-state index contributed by atoms with van der Waals surface area (Å²) in [7, 11) is 0. The molecule has 0 aromatic carbocycles. The molecule has 0 saturated carbocycles. The molecule has 5 nitrogen and oxygen atoms in total. The van der Waals surface area contributed by atoms with Gasteiger partial charge in [0.05, 0.1) is 0 Å². The van der Waals surface area contributed by atoms with Crippen LogP contribution in [0.5, 0.6) is 0 Å². The molecule has 2 rings (SSSR count). The van der Waals surface area contributed by atoms with Gasteiger partial charge in [-0.2, -0.15) is 0 Å². The maximum Gasteiger partial charge on any atom is 0.328 e. The van der Waals surface area contributed by atoms with Crippen LogP contribution in [0.25, 0.3) is 0 Å². The molecule has 1 saturated heterocycles. The van der Waals surface area contributed by atoms with Crippen LogP contribution in [0.15, 0.2) is 24.5 Å². The van der Waals surface area contributed by atoms with Crippen molar-refractivity contribution in [2.75, 3.05) is 26.2 Å². The maximum absolute atomic E-state index is 11.7. The highest BCUT2D eigenvalue weighted by Crippen LogP contribution is 2.28. The van der Waals surface area contributed by atoms with Gasteiger partial charge in [0, 0.05) is 37.6 Å². The van der Waals surface area contributed by atoms with Gasteiger partial charge in [0.2, 0.25) is 0 Å². The molecule has 18 heavy (non-hydrogen) atoms. The van der Waals surface area contributed by atoms with E-state index in [9.17, 15) is 9.90 Å². The Kier molecular flexibility index (Phi) is 3.93. The Morgan fingerprint density at radius 2 is 2.33 bits per heavy atom. The fourth-order valence-corrected chi connectivity index (χ4v) is 2.38. The summed E-state index contributed by atoms with van der Waals surface area (Å²) < 4.78 is 0. The van der Waals surface area contributed by atoms with Crippen molar-refractivity contribution in [2.24, 2.45) is 0 Å². The van der Waals surface area contributed by atoms with Gasteiger partial charge >= 0.3 is 5.97 Å². The number of carboxylic acid groups (broad SMARTS) is 1. The minimum absolute atomic E-state index is 0.734. The molecule has 2 N–H and O–H groups in total. The summed E-state index contributed by atoms with van der Waals surface area (Å²) in [5.41, 5.74) is -0.264. The van der Waals surface area contributed by atoms with Crippen LogP contribution in [0.1, 0.15) is 18.9 Å². The van der Waals surface area contributed by atoms with E-state index in [0.29, 0.717) is 0 Å². The Morgan fingerprint density at radius 1 is 1.50 bits per heavy atom. The Morgan fingerprint density at radius 3 is 3.00 bits per heavy atom. The monoisotopic (exact) mass is 249 g/mol. The van der Waals surface area contributed by atoms with Crippen molar-refractivity contribution in [2.45, 2.75) is 18.9 Å². The standard InChI is InChI=1S/C13H19N3O2/c1-13(12(17)18,11-4-2-5-15-10-11)16-8-3-6-14-7-9-16/h2,4-5,10,14H,3,6-9H2,1H3,(H,17,18). The van der Waals surface area contributed by atoms with Crippen molar-refractivity contribution in [3.8, 4) is 0 Å².